The van der Waals surface area contributed by atoms with Crippen molar-refractivity contribution in [1.82, 2.24) is 0 Å². The number of rotatable bonds is 3. The Bertz CT molecular complexity index is 810. The predicted octanol–water partition coefficient (Wildman–Crippen LogP) is 2.95. The molecule has 25 heavy (non-hydrogen) atoms. The van der Waals surface area contributed by atoms with Gasteiger partial charge in [-0.1, -0.05) is 43.8 Å². The van der Waals surface area contributed by atoms with Crippen LogP contribution in [0, 0.1) is 19.8 Å². The smallest absolute Gasteiger partial charge is 0.248 e. The third kappa shape index (κ3) is 3.77. The average molecular weight is 381 g/mol. The molecule has 0 saturated carbocycles. The summed E-state index contributed by atoms with van der Waals surface area (Å²) in [6, 6.07) is 5.86. The lowest BCUT2D eigenvalue weighted by molar-refractivity contribution is -0.118. The first-order valence-electron chi connectivity index (χ1n) is 8.52. The van der Waals surface area contributed by atoms with Crippen LogP contribution in [0.15, 0.2) is 23.2 Å². The van der Waals surface area contributed by atoms with Gasteiger partial charge in [0.15, 0.2) is 15.0 Å². The minimum Gasteiger partial charge on any atom is -0.315 e. The molecular formula is C18H24N2O3S2. The van der Waals surface area contributed by atoms with E-state index in [-0.39, 0.29) is 34.6 Å². The number of thioether (sulfide) groups is 1. The van der Waals surface area contributed by atoms with Gasteiger partial charge in [-0.05, 0) is 30.9 Å². The van der Waals surface area contributed by atoms with Gasteiger partial charge in [0.05, 0.1) is 17.5 Å². The molecule has 1 aromatic carbocycles. The van der Waals surface area contributed by atoms with Crippen molar-refractivity contribution in [1.29, 1.82) is 0 Å². The van der Waals surface area contributed by atoms with Crippen LogP contribution < -0.4 is 4.90 Å². The zero-order chi connectivity index (χ0) is 18.4. The monoisotopic (exact) mass is 380 g/mol. The number of sulfone groups is 1. The second kappa shape index (κ2) is 6.76. The molecule has 1 amide bonds. The van der Waals surface area contributed by atoms with Crippen molar-refractivity contribution in [3.05, 3.63) is 29.3 Å². The molecule has 2 aliphatic rings. The Hall–Kier alpha value is -1.34. The van der Waals surface area contributed by atoms with Crippen molar-refractivity contribution in [3.8, 4) is 0 Å². The number of benzene rings is 1. The highest BCUT2D eigenvalue weighted by atomic mass is 32.2. The maximum atomic E-state index is 12.3. The van der Waals surface area contributed by atoms with Gasteiger partial charge in [-0.2, -0.15) is 4.99 Å². The summed E-state index contributed by atoms with van der Waals surface area (Å²) >= 11 is 1.44. The molecule has 0 spiro atoms. The molecular weight excluding hydrogens is 356 g/mol. The second-order valence-electron chi connectivity index (χ2n) is 7.30. The number of fused-ring (bicyclic) bond motifs is 1. The van der Waals surface area contributed by atoms with Crippen LogP contribution in [0.25, 0.3) is 0 Å². The Morgan fingerprint density at radius 2 is 1.92 bits per heavy atom. The van der Waals surface area contributed by atoms with Gasteiger partial charge in [0.1, 0.15) is 0 Å². The normalized spacial score (nSPS) is 26.4. The third-order valence-electron chi connectivity index (χ3n) is 4.55. The van der Waals surface area contributed by atoms with Gasteiger partial charge < -0.3 is 4.90 Å². The molecule has 136 valence electrons. The van der Waals surface area contributed by atoms with Gasteiger partial charge in [-0.15, -0.1) is 0 Å². The molecule has 2 fully saturated rings. The molecule has 0 bridgehead atoms. The lowest BCUT2D eigenvalue weighted by Gasteiger charge is -2.28. The molecule has 3 rings (SSSR count). The summed E-state index contributed by atoms with van der Waals surface area (Å²) in [4.78, 5) is 18.6. The molecule has 0 aliphatic carbocycles. The van der Waals surface area contributed by atoms with Crippen molar-refractivity contribution in [3.63, 3.8) is 0 Å². The number of hydrogen-bond acceptors (Lipinski definition) is 4. The minimum absolute atomic E-state index is 0.0605. The SMILES string of the molecule is Cc1cccc(C)c1N1C(=NC(=O)CC(C)C)S[C@@H]2CS(=O)(=O)C[C@@H]21. The van der Waals surface area contributed by atoms with E-state index in [0.29, 0.717) is 11.6 Å². The number of nitrogens with zero attached hydrogens (tertiary/aromatic N) is 2. The van der Waals surface area contributed by atoms with Crippen molar-refractivity contribution >= 4 is 38.4 Å². The molecule has 2 saturated heterocycles. The van der Waals surface area contributed by atoms with Crippen LogP contribution in [0.2, 0.25) is 0 Å². The van der Waals surface area contributed by atoms with Crippen LogP contribution >= 0.6 is 11.8 Å². The molecule has 0 unspecified atom stereocenters. The summed E-state index contributed by atoms with van der Waals surface area (Å²) in [5, 5.41) is 0.586. The van der Waals surface area contributed by atoms with E-state index < -0.39 is 9.84 Å². The summed E-state index contributed by atoms with van der Waals surface area (Å²) in [6.45, 7) is 8.00. The van der Waals surface area contributed by atoms with Crippen LogP contribution in [-0.4, -0.2) is 42.3 Å². The summed E-state index contributed by atoms with van der Waals surface area (Å²) in [5.41, 5.74) is 3.11. The lowest BCUT2D eigenvalue weighted by atomic mass is 10.1. The van der Waals surface area contributed by atoms with Crippen molar-refractivity contribution in [2.24, 2.45) is 10.9 Å². The van der Waals surface area contributed by atoms with E-state index in [1.807, 2.05) is 50.8 Å². The van der Waals surface area contributed by atoms with Crippen LogP contribution in [0.3, 0.4) is 0 Å². The maximum Gasteiger partial charge on any atom is 0.248 e. The summed E-state index contributed by atoms with van der Waals surface area (Å²) in [6.07, 6.45) is 0.401. The van der Waals surface area contributed by atoms with Crippen molar-refractivity contribution in [2.75, 3.05) is 16.4 Å². The van der Waals surface area contributed by atoms with Crippen LogP contribution in [0.1, 0.15) is 31.4 Å². The van der Waals surface area contributed by atoms with Crippen LogP contribution in [0.5, 0.6) is 0 Å². The minimum atomic E-state index is -3.05. The van der Waals surface area contributed by atoms with Gasteiger partial charge in [0, 0.05) is 17.4 Å². The molecule has 7 heteroatoms. The fourth-order valence-corrected chi connectivity index (χ4v) is 7.43. The number of carbonyl (C=O) groups is 1. The standard InChI is InChI=1S/C18H24N2O3S2/c1-11(2)8-16(21)19-18-20(17-12(3)6-5-7-13(17)4)14-9-25(22,23)10-15(14)24-18/h5-7,11,14-15H,8-10H2,1-4H3/t14-,15+/m0/s1. The number of amides is 1. The molecule has 0 N–H and O–H groups in total. The van der Waals surface area contributed by atoms with Crippen LogP contribution in [0.4, 0.5) is 5.69 Å². The maximum absolute atomic E-state index is 12.3. The van der Waals surface area contributed by atoms with Gasteiger partial charge in [0.2, 0.25) is 5.91 Å². The van der Waals surface area contributed by atoms with Crippen LogP contribution in [-0.2, 0) is 14.6 Å². The van der Waals surface area contributed by atoms with Gasteiger partial charge >= 0.3 is 0 Å². The average Bonchev–Trinajstić information content (AvgIpc) is 2.90. The van der Waals surface area contributed by atoms with E-state index in [1.165, 1.54) is 11.8 Å². The fraction of sp³-hybridized carbons (Fsp3) is 0.556. The van der Waals surface area contributed by atoms with E-state index >= 15 is 0 Å². The summed E-state index contributed by atoms with van der Waals surface area (Å²) in [7, 11) is -3.05. The van der Waals surface area contributed by atoms with Gasteiger partial charge in [-0.3, -0.25) is 4.79 Å². The number of anilines is 1. The van der Waals surface area contributed by atoms with E-state index in [4.69, 9.17) is 0 Å². The Morgan fingerprint density at radius 3 is 2.52 bits per heavy atom. The molecule has 2 atom stereocenters. The lowest BCUT2D eigenvalue weighted by Crippen LogP contribution is -2.38. The quantitative estimate of drug-likeness (QED) is 0.806. The Labute approximate surface area is 153 Å². The highest BCUT2D eigenvalue weighted by molar-refractivity contribution is 8.16. The van der Waals surface area contributed by atoms with E-state index in [9.17, 15) is 13.2 Å². The van der Waals surface area contributed by atoms with Crippen molar-refractivity contribution < 1.29 is 13.2 Å². The first-order valence-corrected chi connectivity index (χ1v) is 11.2. The van der Waals surface area contributed by atoms with Gasteiger partial charge in [-0.25, -0.2) is 8.42 Å². The number of hydrogen-bond donors (Lipinski definition) is 0. The highest BCUT2D eigenvalue weighted by Gasteiger charge is 2.49. The number of aryl methyl sites for hydroxylation is 2. The number of amidine groups is 1. The number of para-hydroxylation sites is 1. The Kier molecular flexibility index (Phi) is 4.99. The van der Waals surface area contributed by atoms with E-state index in [0.717, 1.165) is 16.8 Å². The number of carbonyl (C=O) groups excluding carboxylic acids is 1. The first-order chi connectivity index (χ1) is 11.7. The first kappa shape index (κ1) is 18.5. The third-order valence-corrected chi connectivity index (χ3v) is 7.76. The zero-order valence-electron chi connectivity index (χ0n) is 15.0. The van der Waals surface area contributed by atoms with Gasteiger partial charge in [0.25, 0.3) is 0 Å². The Balaban J connectivity index is 2.04. The second-order valence-corrected chi connectivity index (χ2v) is 10.7. The largest absolute Gasteiger partial charge is 0.315 e. The topological polar surface area (TPSA) is 66.8 Å². The summed E-state index contributed by atoms with van der Waals surface area (Å²) in [5.74, 6) is 0.380. The Morgan fingerprint density at radius 1 is 1.28 bits per heavy atom. The molecule has 0 aromatic heterocycles. The molecule has 2 heterocycles. The molecule has 5 nitrogen and oxygen atoms in total. The van der Waals surface area contributed by atoms with E-state index in [2.05, 4.69) is 4.99 Å². The van der Waals surface area contributed by atoms with E-state index in [1.54, 1.807) is 0 Å². The number of aliphatic imine (C=N–C) groups is 1. The highest BCUT2D eigenvalue weighted by Crippen LogP contribution is 2.43. The molecule has 0 radical (unpaired) electrons. The summed E-state index contributed by atoms with van der Waals surface area (Å²) < 4.78 is 24.2. The predicted molar refractivity (Wildman–Crippen MR) is 104 cm³/mol. The van der Waals surface area contributed by atoms with Crippen molar-refractivity contribution in [2.45, 2.75) is 45.4 Å². The zero-order valence-corrected chi connectivity index (χ0v) is 16.7. The molecule has 2 aliphatic heterocycles. The molecule has 1 aromatic rings. The fourth-order valence-electron chi connectivity index (χ4n) is 3.51.